The smallest absolute Gasteiger partial charge is 0.195 e. The Morgan fingerprint density at radius 1 is 1.38 bits per heavy atom. The molecule has 0 spiro atoms. The lowest BCUT2D eigenvalue weighted by Gasteiger charge is -1.94. The first-order valence-corrected chi connectivity index (χ1v) is 5.85. The standard InChI is InChI=1S/C11H12Cl2N2O/c1-14-4-2-3-10-15-9-6-7(12)5-8(13)11(9)16-10/h5-6,14H,2-4H2,1H3. The van der Waals surface area contributed by atoms with Gasteiger partial charge in [-0.25, -0.2) is 4.98 Å². The van der Waals surface area contributed by atoms with Gasteiger partial charge in [0, 0.05) is 11.4 Å². The van der Waals surface area contributed by atoms with Crippen molar-refractivity contribution < 1.29 is 4.42 Å². The Morgan fingerprint density at radius 3 is 2.94 bits per heavy atom. The van der Waals surface area contributed by atoms with Crippen LogP contribution in [0.5, 0.6) is 0 Å². The van der Waals surface area contributed by atoms with Crippen molar-refractivity contribution >= 4 is 34.3 Å². The third kappa shape index (κ3) is 2.48. The topological polar surface area (TPSA) is 38.1 Å². The van der Waals surface area contributed by atoms with E-state index in [2.05, 4.69) is 10.3 Å². The summed E-state index contributed by atoms with van der Waals surface area (Å²) in [5, 5.41) is 4.16. The molecule has 3 nitrogen and oxygen atoms in total. The number of benzene rings is 1. The number of fused-ring (bicyclic) bond motifs is 1. The largest absolute Gasteiger partial charge is 0.439 e. The van der Waals surface area contributed by atoms with Crippen LogP contribution in [0.25, 0.3) is 11.1 Å². The van der Waals surface area contributed by atoms with Crippen molar-refractivity contribution in [1.29, 1.82) is 0 Å². The number of aryl methyl sites for hydroxylation is 1. The van der Waals surface area contributed by atoms with Gasteiger partial charge in [0.1, 0.15) is 5.52 Å². The lowest BCUT2D eigenvalue weighted by molar-refractivity contribution is 0.516. The monoisotopic (exact) mass is 258 g/mol. The highest BCUT2D eigenvalue weighted by Gasteiger charge is 2.09. The highest BCUT2D eigenvalue weighted by atomic mass is 35.5. The maximum Gasteiger partial charge on any atom is 0.195 e. The number of nitrogens with one attached hydrogen (secondary N) is 1. The van der Waals surface area contributed by atoms with E-state index in [1.54, 1.807) is 12.1 Å². The molecule has 1 N–H and O–H groups in total. The Bertz CT molecular complexity index is 496. The first-order chi connectivity index (χ1) is 7.70. The number of hydrogen-bond acceptors (Lipinski definition) is 3. The van der Waals surface area contributed by atoms with Crippen LogP contribution in [0.3, 0.4) is 0 Å². The first kappa shape index (κ1) is 11.7. The molecule has 0 aliphatic rings. The van der Waals surface area contributed by atoms with Gasteiger partial charge in [-0.3, -0.25) is 0 Å². The molecule has 1 aromatic carbocycles. The summed E-state index contributed by atoms with van der Waals surface area (Å²) in [5.41, 5.74) is 1.34. The van der Waals surface area contributed by atoms with E-state index < -0.39 is 0 Å². The Labute approximate surface area is 104 Å². The van der Waals surface area contributed by atoms with Crippen LogP contribution in [0.4, 0.5) is 0 Å². The molecule has 0 aliphatic heterocycles. The molecule has 0 atom stereocenters. The van der Waals surface area contributed by atoms with E-state index in [0.29, 0.717) is 21.5 Å². The Morgan fingerprint density at radius 2 is 2.19 bits per heavy atom. The fraction of sp³-hybridized carbons (Fsp3) is 0.364. The maximum absolute atomic E-state index is 6.01. The maximum atomic E-state index is 6.01. The number of aromatic nitrogens is 1. The van der Waals surface area contributed by atoms with E-state index in [0.717, 1.165) is 24.9 Å². The lowest BCUT2D eigenvalue weighted by Crippen LogP contribution is -2.08. The van der Waals surface area contributed by atoms with Crippen molar-refractivity contribution in [2.45, 2.75) is 12.8 Å². The van der Waals surface area contributed by atoms with E-state index in [9.17, 15) is 0 Å². The molecular weight excluding hydrogens is 247 g/mol. The van der Waals surface area contributed by atoms with Crippen molar-refractivity contribution in [3.63, 3.8) is 0 Å². The number of hydrogen-bond donors (Lipinski definition) is 1. The number of nitrogens with zero attached hydrogens (tertiary/aromatic N) is 1. The molecular formula is C11H12Cl2N2O. The van der Waals surface area contributed by atoms with Crippen molar-refractivity contribution in [2.24, 2.45) is 0 Å². The minimum absolute atomic E-state index is 0.509. The van der Waals surface area contributed by atoms with Gasteiger partial charge in [0.2, 0.25) is 0 Å². The fourth-order valence-electron chi connectivity index (χ4n) is 1.53. The van der Waals surface area contributed by atoms with Gasteiger partial charge in [0.05, 0.1) is 5.02 Å². The molecule has 86 valence electrons. The normalized spacial score (nSPS) is 11.2. The SMILES string of the molecule is CNCCCc1nc2cc(Cl)cc(Cl)c2o1. The van der Waals surface area contributed by atoms with Crippen molar-refractivity contribution in [3.8, 4) is 0 Å². The second-order valence-electron chi connectivity index (χ2n) is 3.55. The average Bonchev–Trinajstić information content (AvgIpc) is 2.61. The van der Waals surface area contributed by atoms with Crippen molar-refractivity contribution in [2.75, 3.05) is 13.6 Å². The molecule has 0 saturated carbocycles. The molecule has 0 saturated heterocycles. The van der Waals surface area contributed by atoms with E-state index in [4.69, 9.17) is 27.6 Å². The lowest BCUT2D eigenvalue weighted by atomic mass is 10.3. The molecule has 0 amide bonds. The van der Waals surface area contributed by atoms with Crippen LogP contribution in [-0.4, -0.2) is 18.6 Å². The van der Waals surface area contributed by atoms with Crippen LogP contribution in [0.15, 0.2) is 16.5 Å². The predicted octanol–water partition coefficient (Wildman–Crippen LogP) is 3.29. The molecule has 2 aromatic rings. The highest BCUT2D eigenvalue weighted by Crippen LogP contribution is 2.28. The third-order valence-corrected chi connectivity index (χ3v) is 2.77. The zero-order chi connectivity index (χ0) is 11.5. The minimum atomic E-state index is 0.509. The van der Waals surface area contributed by atoms with Gasteiger partial charge in [-0.15, -0.1) is 0 Å². The molecule has 0 fully saturated rings. The van der Waals surface area contributed by atoms with Crippen molar-refractivity contribution in [3.05, 3.63) is 28.1 Å². The molecule has 0 bridgehead atoms. The quantitative estimate of drug-likeness (QED) is 0.856. The van der Waals surface area contributed by atoms with Gasteiger partial charge in [-0.1, -0.05) is 23.2 Å². The molecule has 1 aromatic heterocycles. The summed E-state index contributed by atoms with van der Waals surface area (Å²) in [5.74, 6) is 0.703. The molecule has 2 rings (SSSR count). The molecule has 0 unspecified atom stereocenters. The molecule has 0 aliphatic carbocycles. The average molecular weight is 259 g/mol. The molecule has 16 heavy (non-hydrogen) atoms. The Hall–Kier alpha value is -0.770. The van der Waals surface area contributed by atoms with E-state index >= 15 is 0 Å². The van der Waals surface area contributed by atoms with Crippen LogP contribution in [-0.2, 0) is 6.42 Å². The summed E-state index contributed by atoms with van der Waals surface area (Å²) < 4.78 is 5.57. The Kier molecular flexibility index (Phi) is 3.69. The van der Waals surface area contributed by atoms with E-state index in [1.807, 2.05) is 7.05 Å². The number of oxazole rings is 1. The van der Waals surface area contributed by atoms with Crippen LogP contribution in [0.2, 0.25) is 10.0 Å². The summed E-state index contributed by atoms with van der Waals surface area (Å²) in [6, 6.07) is 3.42. The summed E-state index contributed by atoms with van der Waals surface area (Å²) in [4.78, 5) is 4.34. The van der Waals surface area contributed by atoms with Crippen LogP contribution in [0.1, 0.15) is 12.3 Å². The van der Waals surface area contributed by atoms with Gasteiger partial charge >= 0.3 is 0 Å². The highest BCUT2D eigenvalue weighted by molar-refractivity contribution is 6.37. The van der Waals surface area contributed by atoms with Gasteiger partial charge in [-0.2, -0.15) is 0 Å². The van der Waals surface area contributed by atoms with Gasteiger partial charge in [0.25, 0.3) is 0 Å². The summed E-state index contributed by atoms with van der Waals surface area (Å²) in [7, 11) is 1.92. The number of halogens is 2. The van der Waals surface area contributed by atoms with E-state index in [1.165, 1.54) is 0 Å². The summed E-state index contributed by atoms with van der Waals surface area (Å²) in [6.45, 7) is 0.938. The summed E-state index contributed by atoms with van der Waals surface area (Å²) >= 11 is 11.9. The zero-order valence-electron chi connectivity index (χ0n) is 8.89. The third-order valence-electron chi connectivity index (χ3n) is 2.27. The first-order valence-electron chi connectivity index (χ1n) is 5.10. The molecule has 1 heterocycles. The van der Waals surface area contributed by atoms with Crippen molar-refractivity contribution in [1.82, 2.24) is 10.3 Å². The predicted molar refractivity (Wildman–Crippen MR) is 66.3 cm³/mol. The van der Waals surface area contributed by atoms with Crippen LogP contribution in [0, 0.1) is 0 Å². The molecule has 0 radical (unpaired) electrons. The van der Waals surface area contributed by atoms with Gasteiger partial charge in [-0.05, 0) is 32.1 Å². The second-order valence-corrected chi connectivity index (χ2v) is 4.39. The van der Waals surface area contributed by atoms with Crippen LogP contribution >= 0.6 is 23.2 Å². The van der Waals surface area contributed by atoms with Gasteiger partial charge < -0.3 is 9.73 Å². The molecule has 5 heteroatoms. The zero-order valence-corrected chi connectivity index (χ0v) is 10.4. The summed E-state index contributed by atoms with van der Waals surface area (Å²) in [6.07, 6.45) is 1.78. The van der Waals surface area contributed by atoms with Crippen LogP contribution < -0.4 is 5.32 Å². The Balaban J connectivity index is 2.26. The fourth-order valence-corrected chi connectivity index (χ4v) is 2.05. The van der Waals surface area contributed by atoms with E-state index in [-0.39, 0.29) is 0 Å². The minimum Gasteiger partial charge on any atom is -0.439 e. The number of rotatable bonds is 4. The second kappa shape index (κ2) is 5.04. The van der Waals surface area contributed by atoms with Gasteiger partial charge in [0.15, 0.2) is 11.5 Å².